The van der Waals surface area contributed by atoms with Crippen molar-refractivity contribution >= 4 is 12.0 Å². The zero-order chi connectivity index (χ0) is 21.9. The first kappa shape index (κ1) is 21.4. The van der Waals surface area contributed by atoms with Crippen LogP contribution in [0.5, 0.6) is 0 Å². The van der Waals surface area contributed by atoms with Gasteiger partial charge in [-0.05, 0) is 49.8 Å². The van der Waals surface area contributed by atoms with Crippen LogP contribution in [-0.2, 0) is 17.5 Å². The summed E-state index contributed by atoms with van der Waals surface area (Å²) in [5.74, 6) is -0.307. The minimum absolute atomic E-state index is 0.307. The van der Waals surface area contributed by atoms with Gasteiger partial charge in [0.05, 0.1) is 16.9 Å². The molecule has 0 saturated heterocycles. The number of amides is 1. The van der Waals surface area contributed by atoms with Crippen LogP contribution in [0.2, 0.25) is 0 Å². The van der Waals surface area contributed by atoms with Gasteiger partial charge in [-0.15, -0.1) is 0 Å². The fraction of sp³-hybridized carbons (Fsp3) is 0.217. The average molecular weight is 413 g/mol. The molecule has 4 nitrogen and oxygen atoms in total. The Morgan fingerprint density at radius 2 is 1.80 bits per heavy atom. The lowest BCUT2D eigenvalue weighted by atomic mass is 10.1. The van der Waals surface area contributed by atoms with E-state index in [4.69, 9.17) is 0 Å². The number of carbonyl (C=O) groups is 1. The molecule has 1 aromatic heterocycles. The molecule has 0 radical (unpaired) electrons. The minimum Gasteiger partial charge on any atom is -0.338 e. The molecule has 0 unspecified atom stereocenters. The molecule has 3 rings (SSSR count). The lowest BCUT2D eigenvalue weighted by Crippen LogP contribution is -2.24. The SMILES string of the molecule is Cc1nn(-c2ccccc2)c(C)c1CN(C)C(=O)/C=C/c1cccc(C(F)(F)F)c1. The standard InChI is InChI=1S/C23H22F3N3O/c1-16-21(17(2)29(27-16)20-10-5-4-6-11-20)15-28(3)22(30)13-12-18-8-7-9-19(14-18)23(24,25)26/h4-14H,15H2,1-3H3/b13-12+. The third-order valence-electron chi connectivity index (χ3n) is 4.85. The van der Waals surface area contributed by atoms with Gasteiger partial charge in [-0.2, -0.15) is 18.3 Å². The molecule has 0 fully saturated rings. The molecule has 7 heteroatoms. The maximum absolute atomic E-state index is 12.8. The number of nitrogens with zero attached hydrogens (tertiary/aromatic N) is 3. The van der Waals surface area contributed by atoms with E-state index in [0.717, 1.165) is 34.8 Å². The van der Waals surface area contributed by atoms with Crippen molar-refractivity contribution in [1.82, 2.24) is 14.7 Å². The van der Waals surface area contributed by atoms with Gasteiger partial charge >= 0.3 is 6.18 Å². The highest BCUT2D eigenvalue weighted by Crippen LogP contribution is 2.29. The zero-order valence-electron chi connectivity index (χ0n) is 16.9. The van der Waals surface area contributed by atoms with E-state index in [2.05, 4.69) is 5.10 Å². The molecular weight excluding hydrogens is 391 g/mol. The van der Waals surface area contributed by atoms with E-state index in [-0.39, 0.29) is 5.91 Å². The lowest BCUT2D eigenvalue weighted by Gasteiger charge is -2.15. The van der Waals surface area contributed by atoms with Gasteiger partial charge < -0.3 is 4.90 Å². The third-order valence-corrected chi connectivity index (χ3v) is 4.85. The van der Waals surface area contributed by atoms with Crippen molar-refractivity contribution in [2.45, 2.75) is 26.6 Å². The summed E-state index contributed by atoms with van der Waals surface area (Å²) >= 11 is 0. The van der Waals surface area contributed by atoms with Crippen molar-refractivity contribution in [3.05, 3.63) is 88.8 Å². The predicted octanol–water partition coefficient (Wildman–Crippen LogP) is 5.18. The Kier molecular flexibility index (Phi) is 6.10. The number of hydrogen-bond donors (Lipinski definition) is 0. The summed E-state index contributed by atoms with van der Waals surface area (Å²) in [4.78, 5) is 14.0. The number of aryl methyl sites for hydroxylation is 1. The van der Waals surface area contributed by atoms with Crippen molar-refractivity contribution in [1.29, 1.82) is 0 Å². The summed E-state index contributed by atoms with van der Waals surface area (Å²) in [7, 11) is 1.65. The van der Waals surface area contributed by atoms with E-state index in [1.807, 2.05) is 48.9 Å². The van der Waals surface area contributed by atoms with E-state index in [1.54, 1.807) is 7.05 Å². The van der Waals surface area contributed by atoms with Crippen LogP contribution in [0.15, 0.2) is 60.7 Å². The Bertz CT molecular complexity index is 1070. The minimum atomic E-state index is -4.42. The largest absolute Gasteiger partial charge is 0.416 e. The van der Waals surface area contributed by atoms with E-state index in [0.29, 0.717) is 12.1 Å². The summed E-state index contributed by atoms with van der Waals surface area (Å²) in [5, 5.41) is 4.57. The van der Waals surface area contributed by atoms with Gasteiger partial charge in [0, 0.05) is 30.9 Å². The van der Waals surface area contributed by atoms with Crippen molar-refractivity contribution in [2.75, 3.05) is 7.05 Å². The van der Waals surface area contributed by atoms with Crippen LogP contribution < -0.4 is 0 Å². The van der Waals surface area contributed by atoms with Gasteiger partial charge in [0.2, 0.25) is 5.91 Å². The van der Waals surface area contributed by atoms with Crippen LogP contribution in [0.4, 0.5) is 13.2 Å². The molecule has 0 aliphatic carbocycles. The number of para-hydroxylation sites is 1. The number of alkyl halides is 3. The molecule has 0 N–H and O–H groups in total. The Morgan fingerprint density at radius 3 is 2.47 bits per heavy atom. The van der Waals surface area contributed by atoms with Crippen LogP contribution in [0.1, 0.15) is 28.1 Å². The lowest BCUT2D eigenvalue weighted by molar-refractivity contribution is -0.137. The summed E-state index contributed by atoms with van der Waals surface area (Å²) in [6.07, 6.45) is -1.75. The van der Waals surface area contributed by atoms with Gasteiger partial charge in [0.25, 0.3) is 0 Å². The van der Waals surface area contributed by atoms with Crippen LogP contribution >= 0.6 is 0 Å². The van der Waals surface area contributed by atoms with Crippen LogP contribution in [0.3, 0.4) is 0 Å². The number of carbonyl (C=O) groups excluding carboxylic acids is 1. The maximum atomic E-state index is 12.8. The normalized spacial score (nSPS) is 11.8. The second-order valence-corrected chi connectivity index (χ2v) is 7.05. The van der Waals surface area contributed by atoms with Gasteiger partial charge in [0.15, 0.2) is 0 Å². The molecule has 0 atom stereocenters. The van der Waals surface area contributed by atoms with Crippen LogP contribution in [-0.4, -0.2) is 27.6 Å². The van der Waals surface area contributed by atoms with Gasteiger partial charge in [0.1, 0.15) is 0 Å². The van der Waals surface area contributed by atoms with Crippen molar-refractivity contribution in [3.63, 3.8) is 0 Å². The van der Waals surface area contributed by atoms with Crippen LogP contribution in [0.25, 0.3) is 11.8 Å². The molecule has 30 heavy (non-hydrogen) atoms. The van der Waals surface area contributed by atoms with Crippen LogP contribution in [0, 0.1) is 13.8 Å². The third kappa shape index (κ3) is 4.79. The molecule has 0 aliphatic heterocycles. The number of rotatable bonds is 5. The molecule has 156 valence electrons. The fourth-order valence-electron chi connectivity index (χ4n) is 3.15. The second-order valence-electron chi connectivity index (χ2n) is 7.05. The Morgan fingerprint density at radius 1 is 1.10 bits per heavy atom. The molecule has 1 amide bonds. The van der Waals surface area contributed by atoms with Crippen molar-refractivity contribution in [3.8, 4) is 5.69 Å². The predicted molar refractivity (Wildman–Crippen MR) is 110 cm³/mol. The number of likely N-dealkylation sites (N-methyl/N-ethyl adjacent to an activating group) is 1. The summed E-state index contributed by atoms with van der Waals surface area (Å²) in [5.41, 5.74) is 3.18. The molecule has 0 saturated carbocycles. The average Bonchev–Trinajstić information content (AvgIpc) is 3.00. The number of hydrogen-bond acceptors (Lipinski definition) is 2. The first-order valence-electron chi connectivity index (χ1n) is 9.38. The first-order valence-corrected chi connectivity index (χ1v) is 9.38. The Labute approximate surface area is 173 Å². The molecule has 0 bridgehead atoms. The highest BCUT2D eigenvalue weighted by Gasteiger charge is 2.30. The van der Waals surface area contributed by atoms with Gasteiger partial charge in [-0.25, -0.2) is 4.68 Å². The highest BCUT2D eigenvalue weighted by molar-refractivity contribution is 5.91. The summed E-state index contributed by atoms with van der Waals surface area (Å²) in [6, 6.07) is 14.6. The van der Waals surface area contributed by atoms with E-state index >= 15 is 0 Å². The maximum Gasteiger partial charge on any atom is 0.416 e. The smallest absolute Gasteiger partial charge is 0.338 e. The molecule has 2 aromatic carbocycles. The first-order chi connectivity index (χ1) is 14.2. The summed E-state index contributed by atoms with van der Waals surface area (Å²) < 4.78 is 40.3. The van der Waals surface area contributed by atoms with E-state index < -0.39 is 11.7 Å². The molecule has 0 spiro atoms. The van der Waals surface area contributed by atoms with Crippen molar-refractivity contribution in [2.24, 2.45) is 0 Å². The molecular formula is C23H22F3N3O. The van der Waals surface area contributed by atoms with Crippen molar-refractivity contribution < 1.29 is 18.0 Å². The monoisotopic (exact) mass is 413 g/mol. The van der Waals surface area contributed by atoms with Gasteiger partial charge in [-0.3, -0.25) is 4.79 Å². The fourth-order valence-corrected chi connectivity index (χ4v) is 3.15. The van der Waals surface area contributed by atoms with Gasteiger partial charge in [-0.1, -0.05) is 30.3 Å². The zero-order valence-corrected chi connectivity index (χ0v) is 16.9. The molecule has 3 aromatic rings. The topological polar surface area (TPSA) is 38.1 Å². The number of halogens is 3. The number of aromatic nitrogens is 2. The molecule has 0 aliphatic rings. The highest BCUT2D eigenvalue weighted by atomic mass is 19.4. The Hall–Kier alpha value is -3.35. The quantitative estimate of drug-likeness (QED) is 0.541. The Balaban J connectivity index is 1.74. The molecule has 1 heterocycles. The number of benzene rings is 2. The van der Waals surface area contributed by atoms with E-state index in [9.17, 15) is 18.0 Å². The van der Waals surface area contributed by atoms with E-state index in [1.165, 1.54) is 29.2 Å². The second kappa shape index (κ2) is 8.57. The summed E-state index contributed by atoms with van der Waals surface area (Å²) in [6.45, 7) is 4.17.